The second kappa shape index (κ2) is 5.43. The van der Waals surface area contributed by atoms with E-state index < -0.39 is 6.03 Å². The molecule has 4 N–H and O–H groups in total. The Hall–Kier alpha value is -2.90. The third kappa shape index (κ3) is 3.04. The van der Waals surface area contributed by atoms with E-state index in [-0.39, 0.29) is 11.6 Å². The summed E-state index contributed by atoms with van der Waals surface area (Å²) < 4.78 is 4.31. The van der Waals surface area contributed by atoms with E-state index in [1.807, 2.05) is 30.3 Å². The first-order valence-corrected chi connectivity index (χ1v) is 4.99. The average Bonchev–Trinajstić information content (AvgIpc) is 2.76. The number of anilines is 2. The lowest BCUT2D eigenvalue weighted by atomic mass is 10.2. The van der Waals surface area contributed by atoms with Crippen LogP contribution in [-0.2, 0) is 0 Å². The van der Waals surface area contributed by atoms with Crippen molar-refractivity contribution < 1.29 is 9.42 Å². The number of benzene rings is 1. The molecule has 0 unspecified atom stereocenters. The third-order valence-corrected chi connectivity index (χ3v) is 1.93. The first-order chi connectivity index (χ1) is 8.75. The summed E-state index contributed by atoms with van der Waals surface area (Å²) in [5.41, 5.74) is 8.47. The van der Waals surface area contributed by atoms with Crippen LogP contribution in [0.3, 0.4) is 0 Å². The van der Waals surface area contributed by atoms with Gasteiger partial charge in [0, 0.05) is 0 Å². The first-order valence-electron chi connectivity index (χ1n) is 4.99. The smallest absolute Gasteiger partial charge is 0.340 e. The number of amides is 2. The average molecular weight is 246 g/mol. The highest BCUT2D eigenvalue weighted by Crippen LogP contribution is 2.09. The predicted molar refractivity (Wildman–Crippen MR) is 64.9 cm³/mol. The van der Waals surface area contributed by atoms with Crippen molar-refractivity contribution in [3.8, 4) is 0 Å². The molecule has 0 aliphatic rings. The van der Waals surface area contributed by atoms with Gasteiger partial charge in [-0.2, -0.15) is 5.10 Å². The Kier molecular flexibility index (Phi) is 3.50. The summed E-state index contributed by atoms with van der Waals surface area (Å²) in [4.78, 5) is 11.4. The lowest BCUT2D eigenvalue weighted by Crippen LogP contribution is -2.24. The largest absolute Gasteiger partial charge is 0.378 e. The van der Waals surface area contributed by atoms with E-state index in [9.17, 15) is 4.79 Å². The Labute approximate surface area is 102 Å². The molecule has 18 heavy (non-hydrogen) atoms. The Morgan fingerprint density at radius 2 is 2.11 bits per heavy atom. The molecule has 92 valence electrons. The number of aromatic nitrogens is 2. The van der Waals surface area contributed by atoms with Gasteiger partial charge in [0.15, 0.2) is 0 Å². The third-order valence-electron chi connectivity index (χ3n) is 1.93. The number of nitrogens with zero attached hydrogens (tertiary/aromatic N) is 3. The fourth-order valence-corrected chi connectivity index (χ4v) is 1.12. The summed E-state index contributed by atoms with van der Waals surface area (Å²) in [5.74, 6) is 0.0413. The van der Waals surface area contributed by atoms with Gasteiger partial charge in [-0.15, -0.1) is 0 Å². The number of nitrogen functional groups attached to an aromatic ring is 1. The highest BCUT2D eigenvalue weighted by molar-refractivity contribution is 5.91. The van der Waals surface area contributed by atoms with E-state index in [0.29, 0.717) is 0 Å². The molecule has 2 rings (SSSR count). The van der Waals surface area contributed by atoms with Crippen molar-refractivity contribution in [2.75, 3.05) is 11.1 Å². The topological polar surface area (TPSA) is 118 Å². The fourth-order valence-electron chi connectivity index (χ4n) is 1.12. The van der Waals surface area contributed by atoms with Crippen LogP contribution in [0.25, 0.3) is 0 Å². The van der Waals surface area contributed by atoms with Gasteiger partial charge in [0.2, 0.25) is 11.6 Å². The Bertz CT molecular complexity index is 551. The lowest BCUT2D eigenvalue weighted by Gasteiger charge is -1.99. The van der Waals surface area contributed by atoms with Gasteiger partial charge in [-0.25, -0.2) is 14.8 Å². The van der Waals surface area contributed by atoms with Crippen LogP contribution in [0.1, 0.15) is 5.56 Å². The first kappa shape index (κ1) is 11.6. The Morgan fingerprint density at radius 3 is 2.78 bits per heavy atom. The highest BCUT2D eigenvalue weighted by atomic mass is 16.6. The number of carbonyl (C=O) groups excluding carboxylic acids is 1. The molecule has 0 spiro atoms. The molecule has 0 radical (unpaired) electrons. The van der Waals surface area contributed by atoms with E-state index in [0.717, 1.165) is 5.56 Å². The number of carbonyl (C=O) groups is 1. The zero-order chi connectivity index (χ0) is 12.8. The number of hydrogen-bond donors (Lipinski definition) is 3. The number of nitrogens with one attached hydrogen (secondary N) is 2. The van der Waals surface area contributed by atoms with Gasteiger partial charge in [0.25, 0.3) is 0 Å². The molecule has 0 aliphatic heterocycles. The molecule has 1 aromatic carbocycles. The van der Waals surface area contributed by atoms with Crippen LogP contribution < -0.4 is 16.5 Å². The maximum absolute atomic E-state index is 11.4. The molecule has 8 nitrogen and oxygen atoms in total. The second-order valence-corrected chi connectivity index (χ2v) is 3.23. The zero-order valence-electron chi connectivity index (χ0n) is 9.20. The van der Waals surface area contributed by atoms with Gasteiger partial charge in [-0.3, -0.25) is 5.32 Å². The van der Waals surface area contributed by atoms with Crippen LogP contribution in [0, 0.1) is 0 Å². The minimum absolute atomic E-state index is 0.00260. The van der Waals surface area contributed by atoms with Crippen LogP contribution in [0.4, 0.5) is 16.4 Å². The minimum Gasteiger partial charge on any atom is -0.378 e. The number of nitrogens with two attached hydrogens (primary N) is 1. The van der Waals surface area contributed by atoms with Crippen LogP contribution >= 0.6 is 0 Å². The fraction of sp³-hybridized carbons (Fsp3) is 0. The summed E-state index contributed by atoms with van der Waals surface area (Å²) in [7, 11) is 0. The van der Waals surface area contributed by atoms with E-state index in [2.05, 4.69) is 30.8 Å². The molecule has 0 fully saturated rings. The van der Waals surface area contributed by atoms with Crippen molar-refractivity contribution in [3.05, 3.63) is 35.9 Å². The van der Waals surface area contributed by atoms with Crippen molar-refractivity contribution in [1.82, 2.24) is 15.7 Å². The molecular weight excluding hydrogens is 236 g/mol. The van der Waals surface area contributed by atoms with Crippen LogP contribution in [0.2, 0.25) is 0 Å². The number of rotatable bonds is 3. The molecule has 0 atom stereocenters. The minimum atomic E-state index is -0.593. The van der Waals surface area contributed by atoms with Crippen molar-refractivity contribution in [1.29, 1.82) is 0 Å². The van der Waals surface area contributed by atoms with Crippen LogP contribution in [-0.4, -0.2) is 22.6 Å². The number of urea groups is 1. The Balaban J connectivity index is 1.86. The molecule has 2 aromatic rings. The summed E-state index contributed by atoms with van der Waals surface area (Å²) in [5, 5.41) is 12.8. The highest BCUT2D eigenvalue weighted by Gasteiger charge is 2.08. The van der Waals surface area contributed by atoms with Gasteiger partial charge in [-0.1, -0.05) is 30.3 Å². The molecule has 1 heterocycles. The molecule has 0 saturated carbocycles. The summed E-state index contributed by atoms with van der Waals surface area (Å²) in [6.07, 6.45) is 1.50. The van der Waals surface area contributed by atoms with Gasteiger partial charge in [0.05, 0.1) is 6.21 Å². The Morgan fingerprint density at radius 1 is 1.33 bits per heavy atom. The van der Waals surface area contributed by atoms with Crippen LogP contribution in [0.15, 0.2) is 40.1 Å². The molecule has 8 heteroatoms. The summed E-state index contributed by atoms with van der Waals surface area (Å²) >= 11 is 0. The van der Waals surface area contributed by atoms with Crippen molar-refractivity contribution in [2.24, 2.45) is 5.10 Å². The van der Waals surface area contributed by atoms with E-state index in [4.69, 9.17) is 5.73 Å². The van der Waals surface area contributed by atoms with E-state index >= 15 is 0 Å². The quantitative estimate of drug-likeness (QED) is 0.547. The van der Waals surface area contributed by atoms with Crippen LogP contribution in [0.5, 0.6) is 0 Å². The SMILES string of the molecule is Nc1nonc1NC(=O)N/N=C/c1ccccc1. The number of hydrogen-bond acceptors (Lipinski definition) is 6. The molecule has 2 amide bonds. The molecule has 0 bridgehead atoms. The van der Waals surface area contributed by atoms with Gasteiger partial charge in [-0.05, 0) is 15.9 Å². The standard InChI is InChI=1S/C10H10N6O2/c11-8-9(16-18-15-8)13-10(17)14-12-6-7-4-2-1-3-5-7/h1-6H,(H2,11,15)(H2,13,14,16,17)/b12-6+. The number of hydrazone groups is 1. The normalized spacial score (nSPS) is 10.4. The second-order valence-electron chi connectivity index (χ2n) is 3.23. The summed E-state index contributed by atoms with van der Waals surface area (Å²) in [6.45, 7) is 0. The van der Waals surface area contributed by atoms with E-state index in [1.54, 1.807) is 0 Å². The molecular formula is C10H10N6O2. The molecule has 0 saturated heterocycles. The monoisotopic (exact) mass is 246 g/mol. The lowest BCUT2D eigenvalue weighted by molar-refractivity contribution is 0.252. The van der Waals surface area contributed by atoms with Gasteiger partial charge >= 0.3 is 6.03 Å². The maximum atomic E-state index is 11.4. The van der Waals surface area contributed by atoms with Gasteiger partial charge < -0.3 is 5.73 Å². The summed E-state index contributed by atoms with van der Waals surface area (Å²) in [6, 6.07) is 8.72. The van der Waals surface area contributed by atoms with Crippen molar-refractivity contribution >= 4 is 23.9 Å². The predicted octanol–water partition coefficient (Wildman–Crippen LogP) is 0.807. The molecule has 1 aromatic heterocycles. The van der Waals surface area contributed by atoms with Crippen molar-refractivity contribution in [2.45, 2.75) is 0 Å². The molecule has 0 aliphatic carbocycles. The zero-order valence-corrected chi connectivity index (χ0v) is 9.20. The van der Waals surface area contributed by atoms with E-state index in [1.165, 1.54) is 6.21 Å². The van der Waals surface area contributed by atoms with Gasteiger partial charge in [0.1, 0.15) is 0 Å². The maximum Gasteiger partial charge on any atom is 0.340 e. The van der Waals surface area contributed by atoms with Crippen molar-refractivity contribution in [3.63, 3.8) is 0 Å².